The molecule has 0 aliphatic heterocycles. The molecule has 3 N–H and O–H groups in total. The molecule has 0 amide bonds. The van der Waals surface area contributed by atoms with Crippen LogP contribution in [0, 0.1) is 0 Å². The summed E-state index contributed by atoms with van der Waals surface area (Å²) in [4.78, 5) is 10.3. The van der Waals surface area contributed by atoms with E-state index in [1.165, 1.54) is 25.7 Å². The number of hydrogen-bond acceptors (Lipinski definition) is 3. The van der Waals surface area contributed by atoms with Crippen molar-refractivity contribution in [2.24, 2.45) is 0 Å². The minimum absolute atomic E-state index is 0.197. The summed E-state index contributed by atoms with van der Waals surface area (Å²) >= 11 is 0. The van der Waals surface area contributed by atoms with Gasteiger partial charge in [-0.1, -0.05) is 70.4 Å². The number of aliphatic hydroxyl groups is 2. The summed E-state index contributed by atoms with van der Waals surface area (Å²) in [5, 5.41) is 28.1. The van der Waals surface area contributed by atoms with E-state index in [1.54, 1.807) is 12.2 Å². The minimum atomic E-state index is -0.765. The summed E-state index contributed by atoms with van der Waals surface area (Å²) in [6.07, 6.45) is 13.5. The average molecular weight is 314 g/mol. The van der Waals surface area contributed by atoms with E-state index in [9.17, 15) is 15.0 Å². The maximum Gasteiger partial charge on any atom is 0.303 e. The second kappa shape index (κ2) is 15.0. The van der Waals surface area contributed by atoms with Crippen LogP contribution in [0.5, 0.6) is 0 Å². The molecule has 0 aromatic rings. The van der Waals surface area contributed by atoms with Gasteiger partial charge in [-0.3, -0.25) is 4.79 Å². The number of carboxylic acids is 1. The summed E-state index contributed by atoms with van der Waals surface area (Å²) < 4.78 is 0. The molecule has 22 heavy (non-hydrogen) atoms. The molecule has 0 aromatic heterocycles. The number of rotatable bonds is 15. The van der Waals surface area contributed by atoms with Crippen LogP contribution in [0.3, 0.4) is 0 Å². The van der Waals surface area contributed by atoms with Gasteiger partial charge in [-0.25, -0.2) is 0 Å². The third-order valence-electron chi connectivity index (χ3n) is 3.80. The summed E-state index contributed by atoms with van der Waals surface area (Å²) in [5.41, 5.74) is 0. The van der Waals surface area contributed by atoms with Crippen molar-refractivity contribution in [3.05, 3.63) is 12.2 Å². The number of unbranched alkanes of at least 4 members (excludes halogenated alkanes) is 7. The highest BCUT2D eigenvalue weighted by atomic mass is 16.4. The molecule has 0 aromatic carbocycles. The van der Waals surface area contributed by atoms with Crippen molar-refractivity contribution in [3.8, 4) is 0 Å². The fourth-order valence-electron chi connectivity index (χ4n) is 2.39. The maximum atomic E-state index is 10.3. The molecule has 2 atom stereocenters. The van der Waals surface area contributed by atoms with Crippen LogP contribution in [0.2, 0.25) is 0 Å². The van der Waals surface area contributed by atoms with Crippen LogP contribution in [-0.2, 0) is 4.79 Å². The Morgan fingerprint density at radius 1 is 0.818 bits per heavy atom. The molecule has 0 fully saturated rings. The van der Waals surface area contributed by atoms with Gasteiger partial charge in [0.05, 0.1) is 12.2 Å². The Kier molecular flexibility index (Phi) is 14.4. The first-order valence-electron chi connectivity index (χ1n) is 8.82. The Balaban J connectivity index is 3.52. The van der Waals surface area contributed by atoms with E-state index in [0.717, 1.165) is 32.1 Å². The molecule has 0 heterocycles. The van der Waals surface area contributed by atoms with Crippen molar-refractivity contribution in [1.82, 2.24) is 0 Å². The lowest BCUT2D eigenvalue weighted by molar-refractivity contribution is -0.137. The summed E-state index contributed by atoms with van der Waals surface area (Å²) in [5.74, 6) is -0.765. The number of aliphatic hydroxyl groups excluding tert-OH is 2. The summed E-state index contributed by atoms with van der Waals surface area (Å²) in [6.45, 7) is 2.20. The van der Waals surface area contributed by atoms with Crippen LogP contribution in [-0.4, -0.2) is 33.5 Å². The zero-order valence-corrected chi connectivity index (χ0v) is 14.0. The smallest absolute Gasteiger partial charge is 0.303 e. The molecule has 0 aliphatic rings. The largest absolute Gasteiger partial charge is 0.481 e. The van der Waals surface area contributed by atoms with E-state index in [1.807, 2.05) is 0 Å². The zero-order chi connectivity index (χ0) is 16.6. The van der Waals surface area contributed by atoms with Crippen molar-refractivity contribution < 1.29 is 20.1 Å². The molecule has 0 spiro atoms. The second-order valence-corrected chi connectivity index (χ2v) is 6.07. The molecule has 0 saturated heterocycles. The molecular weight excluding hydrogens is 280 g/mol. The number of carbonyl (C=O) groups is 1. The van der Waals surface area contributed by atoms with Gasteiger partial charge in [0.2, 0.25) is 0 Å². The van der Waals surface area contributed by atoms with Crippen molar-refractivity contribution in [2.45, 2.75) is 96.2 Å². The van der Waals surface area contributed by atoms with Crippen LogP contribution < -0.4 is 0 Å². The molecule has 4 nitrogen and oxygen atoms in total. The fraction of sp³-hybridized carbons (Fsp3) is 0.833. The molecule has 0 bridgehead atoms. The van der Waals surface area contributed by atoms with Gasteiger partial charge in [0.15, 0.2) is 0 Å². The third kappa shape index (κ3) is 15.5. The van der Waals surface area contributed by atoms with Crippen LogP contribution in [0.15, 0.2) is 12.2 Å². The van der Waals surface area contributed by atoms with Crippen LogP contribution in [0.1, 0.15) is 84.0 Å². The highest BCUT2D eigenvalue weighted by molar-refractivity contribution is 5.66. The van der Waals surface area contributed by atoms with E-state index in [-0.39, 0.29) is 6.42 Å². The molecular formula is C18H34O4. The molecule has 0 radical (unpaired) electrons. The molecule has 0 rings (SSSR count). The molecule has 4 heteroatoms. The minimum Gasteiger partial charge on any atom is -0.481 e. The van der Waals surface area contributed by atoms with Crippen LogP contribution >= 0.6 is 0 Å². The van der Waals surface area contributed by atoms with Gasteiger partial charge in [-0.15, -0.1) is 0 Å². The van der Waals surface area contributed by atoms with Gasteiger partial charge in [0.25, 0.3) is 0 Å². The average Bonchev–Trinajstić information content (AvgIpc) is 2.48. The first-order chi connectivity index (χ1) is 10.6. The number of hydrogen-bond donors (Lipinski definition) is 3. The van der Waals surface area contributed by atoms with E-state index in [2.05, 4.69) is 6.92 Å². The lowest BCUT2D eigenvalue weighted by Crippen LogP contribution is -2.07. The topological polar surface area (TPSA) is 77.8 Å². The Morgan fingerprint density at radius 3 is 1.77 bits per heavy atom. The number of aliphatic carboxylic acids is 1. The molecule has 0 saturated carbocycles. The lowest BCUT2D eigenvalue weighted by Gasteiger charge is -2.08. The Morgan fingerprint density at radius 2 is 1.27 bits per heavy atom. The Labute approximate surface area is 135 Å². The number of carboxylic acid groups (broad SMARTS) is 1. The van der Waals surface area contributed by atoms with E-state index < -0.39 is 18.2 Å². The highest BCUT2D eigenvalue weighted by Gasteiger charge is 2.03. The van der Waals surface area contributed by atoms with E-state index >= 15 is 0 Å². The van der Waals surface area contributed by atoms with Crippen molar-refractivity contribution in [2.75, 3.05) is 0 Å². The van der Waals surface area contributed by atoms with Gasteiger partial charge in [-0.05, 0) is 19.3 Å². The first-order valence-corrected chi connectivity index (χ1v) is 8.82. The van der Waals surface area contributed by atoms with Gasteiger partial charge >= 0.3 is 5.97 Å². The van der Waals surface area contributed by atoms with Crippen molar-refractivity contribution >= 4 is 5.97 Å². The molecule has 0 unspecified atom stereocenters. The standard InChI is InChI=1S/C18H34O4/c1-2-3-4-5-6-8-11-16(19)14-15-17(20)12-9-7-10-13-18(21)22/h14-17,19-20H,2-13H2,1H3,(H,21,22)/b15-14-/t16-,17+/m0/s1. The Bertz CT molecular complexity index is 289. The highest BCUT2D eigenvalue weighted by Crippen LogP contribution is 2.11. The second-order valence-electron chi connectivity index (χ2n) is 6.07. The van der Waals surface area contributed by atoms with E-state index in [0.29, 0.717) is 12.8 Å². The van der Waals surface area contributed by atoms with Crippen LogP contribution in [0.25, 0.3) is 0 Å². The predicted molar refractivity (Wildman–Crippen MR) is 89.9 cm³/mol. The molecule has 0 aliphatic carbocycles. The lowest BCUT2D eigenvalue weighted by atomic mass is 10.1. The van der Waals surface area contributed by atoms with Gasteiger partial charge < -0.3 is 15.3 Å². The monoisotopic (exact) mass is 314 g/mol. The van der Waals surface area contributed by atoms with Gasteiger partial charge in [-0.2, -0.15) is 0 Å². The normalized spacial score (nSPS) is 14.3. The van der Waals surface area contributed by atoms with E-state index in [4.69, 9.17) is 5.11 Å². The molecule has 130 valence electrons. The summed E-state index contributed by atoms with van der Waals surface area (Å²) in [6, 6.07) is 0. The van der Waals surface area contributed by atoms with Crippen molar-refractivity contribution in [1.29, 1.82) is 0 Å². The third-order valence-corrected chi connectivity index (χ3v) is 3.80. The maximum absolute atomic E-state index is 10.3. The SMILES string of the molecule is CCCCCCCC[C@H](O)/C=C\[C@H](O)CCCCCC(=O)O. The fourth-order valence-corrected chi connectivity index (χ4v) is 2.39. The predicted octanol–water partition coefficient (Wildman–Crippen LogP) is 4.05. The van der Waals surface area contributed by atoms with Crippen molar-refractivity contribution in [3.63, 3.8) is 0 Å². The zero-order valence-electron chi connectivity index (χ0n) is 14.0. The first kappa shape index (κ1) is 21.1. The van der Waals surface area contributed by atoms with Crippen LogP contribution in [0.4, 0.5) is 0 Å². The Hall–Kier alpha value is -0.870. The van der Waals surface area contributed by atoms with Gasteiger partial charge in [0, 0.05) is 6.42 Å². The van der Waals surface area contributed by atoms with Gasteiger partial charge in [0.1, 0.15) is 0 Å². The quantitative estimate of drug-likeness (QED) is 0.315. The summed E-state index contributed by atoms with van der Waals surface area (Å²) in [7, 11) is 0.